The highest BCUT2D eigenvalue weighted by molar-refractivity contribution is 14.0. The number of benzene rings is 1. The molecule has 0 radical (unpaired) electrons. The second-order valence-electron chi connectivity index (χ2n) is 5.84. The van der Waals surface area contributed by atoms with Crippen LogP contribution in [0.5, 0.6) is 11.5 Å². The van der Waals surface area contributed by atoms with Crippen molar-refractivity contribution in [1.29, 1.82) is 0 Å². The minimum atomic E-state index is 0. The molecule has 25 heavy (non-hydrogen) atoms. The van der Waals surface area contributed by atoms with Crippen LogP contribution >= 0.6 is 24.0 Å². The van der Waals surface area contributed by atoms with E-state index in [-0.39, 0.29) is 24.0 Å². The number of hydrogen-bond donors (Lipinski definition) is 2. The van der Waals surface area contributed by atoms with Crippen LogP contribution in [0.15, 0.2) is 35.3 Å². The first kappa shape index (κ1) is 21.6. The van der Waals surface area contributed by atoms with Crippen LogP contribution in [0.4, 0.5) is 0 Å². The normalized spacial score (nSPS) is 14.1. The maximum atomic E-state index is 5.35. The van der Waals surface area contributed by atoms with E-state index in [9.17, 15) is 0 Å². The third-order valence-electron chi connectivity index (χ3n) is 4.03. The Hall–Kier alpha value is -1.44. The van der Waals surface area contributed by atoms with Gasteiger partial charge in [0.1, 0.15) is 0 Å². The fourth-order valence-electron chi connectivity index (χ4n) is 2.76. The summed E-state index contributed by atoms with van der Waals surface area (Å²) in [7, 11) is 3.32. The average molecular weight is 459 g/mol. The highest BCUT2D eigenvalue weighted by Gasteiger charge is 2.11. The van der Waals surface area contributed by atoms with Crippen LogP contribution in [0.2, 0.25) is 0 Å². The van der Waals surface area contributed by atoms with Crippen molar-refractivity contribution in [3.63, 3.8) is 0 Å². The number of hydrogen-bond acceptors (Lipinski definition) is 3. The van der Waals surface area contributed by atoms with Crippen LogP contribution in [0.1, 0.15) is 31.7 Å². The standard InChI is InChI=1S/C19H29N3O2.HI/c1-4-20-19(22-16-9-5-6-10-16)21-13-7-8-15-11-12-17(23-2)18(14-15)24-3;/h5-6,11-12,14,16H,4,7-10,13H2,1-3H3,(H2,20,21,22);1H. The summed E-state index contributed by atoms with van der Waals surface area (Å²) in [5.74, 6) is 2.46. The second-order valence-corrected chi connectivity index (χ2v) is 5.84. The summed E-state index contributed by atoms with van der Waals surface area (Å²) >= 11 is 0. The third kappa shape index (κ3) is 7.13. The molecule has 2 rings (SSSR count). The molecule has 5 nitrogen and oxygen atoms in total. The number of aliphatic imine (C=N–C) groups is 1. The van der Waals surface area contributed by atoms with Crippen LogP contribution < -0.4 is 20.1 Å². The number of nitrogens with zero attached hydrogens (tertiary/aromatic N) is 1. The number of aryl methyl sites for hydroxylation is 1. The zero-order valence-electron chi connectivity index (χ0n) is 15.4. The molecular weight excluding hydrogens is 429 g/mol. The topological polar surface area (TPSA) is 54.9 Å². The molecule has 0 fully saturated rings. The van der Waals surface area contributed by atoms with Crippen LogP contribution in [-0.2, 0) is 6.42 Å². The molecule has 0 spiro atoms. The van der Waals surface area contributed by atoms with Crippen molar-refractivity contribution in [3.05, 3.63) is 35.9 Å². The van der Waals surface area contributed by atoms with Gasteiger partial charge in [-0.3, -0.25) is 4.99 Å². The molecule has 1 aromatic carbocycles. The Bertz CT molecular complexity index is 568. The molecule has 0 unspecified atom stereocenters. The summed E-state index contributed by atoms with van der Waals surface area (Å²) in [5, 5.41) is 6.80. The molecule has 0 aromatic heterocycles. The molecule has 1 aliphatic rings. The molecule has 0 saturated heterocycles. The van der Waals surface area contributed by atoms with Gasteiger partial charge in [-0.1, -0.05) is 18.2 Å². The molecule has 0 aliphatic heterocycles. The van der Waals surface area contributed by atoms with Crippen LogP contribution in [0.3, 0.4) is 0 Å². The summed E-state index contributed by atoms with van der Waals surface area (Å²) in [6.07, 6.45) is 8.56. The highest BCUT2D eigenvalue weighted by Crippen LogP contribution is 2.27. The van der Waals surface area contributed by atoms with E-state index in [1.54, 1.807) is 14.2 Å². The lowest BCUT2D eigenvalue weighted by Crippen LogP contribution is -2.42. The summed E-state index contributed by atoms with van der Waals surface area (Å²) in [6.45, 7) is 3.76. The van der Waals surface area contributed by atoms with Crippen molar-refractivity contribution >= 4 is 29.9 Å². The van der Waals surface area contributed by atoms with Gasteiger partial charge < -0.3 is 20.1 Å². The van der Waals surface area contributed by atoms with E-state index in [0.717, 1.165) is 56.2 Å². The average Bonchev–Trinajstić information content (AvgIpc) is 3.11. The maximum absolute atomic E-state index is 5.35. The first-order chi connectivity index (χ1) is 11.8. The van der Waals surface area contributed by atoms with Crippen molar-refractivity contribution < 1.29 is 9.47 Å². The van der Waals surface area contributed by atoms with Gasteiger partial charge in [0, 0.05) is 19.1 Å². The van der Waals surface area contributed by atoms with Gasteiger partial charge in [0.2, 0.25) is 0 Å². The molecule has 1 aromatic rings. The van der Waals surface area contributed by atoms with E-state index in [2.05, 4.69) is 40.8 Å². The summed E-state index contributed by atoms with van der Waals surface area (Å²) in [5.41, 5.74) is 1.24. The van der Waals surface area contributed by atoms with Gasteiger partial charge in [-0.15, -0.1) is 24.0 Å². The molecule has 1 aliphatic carbocycles. The fourth-order valence-corrected chi connectivity index (χ4v) is 2.76. The predicted octanol–water partition coefficient (Wildman–Crippen LogP) is 3.53. The van der Waals surface area contributed by atoms with E-state index in [1.165, 1.54) is 5.56 Å². The zero-order chi connectivity index (χ0) is 17.2. The van der Waals surface area contributed by atoms with Gasteiger partial charge in [-0.05, 0) is 50.3 Å². The number of ether oxygens (including phenoxy) is 2. The number of guanidine groups is 1. The van der Waals surface area contributed by atoms with Gasteiger partial charge in [-0.25, -0.2) is 0 Å². The monoisotopic (exact) mass is 459 g/mol. The Morgan fingerprint density at radius 2 is 1.88 bits per heavy atom. The minimum absolute atomic E-state index is 0. The van der Waals surface area contributed by atoms with Crippen molar-refractivity contribution in [2.45, 2.75) is 38.6 Å². The first-order valence-electron chi connectivity index (χ1n) is 8.67. The van der Waals surface area contributed by atoms with Crippen molar-refractivity contribution in [2.75, 3.05) is 27.3 Å². The van der Waals surface area contributed by atoms with Crippen LogP contribution in [0.25, 0.3) is 0 Å². The molecule has 6 heteroatoms. The molecule has 0 bridgehead atoms. The maximum Gasteiger partial charge on any atom is 0.191 e. The second kappa shape index (κ2) is 12.0. The Morgan fingerprint density at radius 3 is 2.52 bits per heavy atom. The lowest BCUT2D eigenvalue weighted by Gasteiger charge is -2.16. The molecule has 0 heterocycles. The quantitative estimate of drug-likeness (QED) is 0.205. The number of halogens is 1. The molecule has 0 amide bonds. The van der Waals surface area contributed by atoms with Crippen molar-refractivity contribution in [1.82, 2.24) is 10.6 Å². The smallest absolute Gasteiger partial charge is 0.191 e. The Kier molecular flexibility index (Phi) is 10.4. The van der Waals surface area contributed by atoms with Gasteiger partial charge in [0.25, 0.3) is 0 Å². The summed E-state index contributed by atoms with van der Waals surface area (Å²) in [6, 6.07) is 6.55. The lowest BCUT2D eigenvalue weighted by atomic mass is 10.1. The zero-order valence-corrected chi connectivity index (χ0v) is 17.7. The Morgan fingerprint density at radius 1 is 1.16 bits per heavy atom. The van der Waals surface area contributed by atoms with E-state index in [1.807, 2.05) is 12.1 Å². The van der Waals surface area contributed by atoms with Gasteiger partial charge >= 0.3 is 0 Å². The summed E-state index contributed by atoms with van der Waals surface area (Å²) < 4.78 is 10.6. The largest absolute Gasteiger partial charge is 0.493 e. The van der Waals surface area contributed by atoms with Crippen LogP contribution in [0, 0.1) is 0 Å². The number of methoxy groups -OCH3 is 2. The molecule has 140 valence electrons. The molecule has 2 N–H and O–H groups in total. The Balaban J connectivity index is 0.00000312. The summed E-state index contributed by atoms with van der Waals surface area (Å²) in [4.78, 5) is 4.68. The SMILES string of the molecule is CCNC(=NCCCc1ccc(OC)c(OC)c1)NC1CC=CC1.I. The predicted molar refractivity (Wildman–Crippen MR) is 115 cm³/mol. The third-order valence-corrected chi connectivity index (χ3v) is 4.03. The van der Waals surface area contributed by atoms with Crippen molar-refractivity contribution in [2.24, 2.45) is 4.99 Å². The van der Waals surface area contributed by atoms with Crippen LogP contribution in [-0.4, -0.2) is 39.3 Å². The van der Waals surface area contributed by atoms with Gasteiger partial charge in [0.05, 0.1) is 14.2 Å². The minimum Gasteiger partial charge on any atom is -0.493 e. The van der Waals surface area contributed by atoms with E-state index in [0.29, 0.717) is 6.04 Å². The fraction of sp³-hybridized carbons (Fsp3) is 0.526. The van der Waals surface area contributed by atoms with Crippen molar-refractivity contribution in [3.8, 4) is 11.5 Å². The van der Waals surface area contributed by atoms with E-state index >= 15 is 0 Å². The van der Waals surface area contributed by atoms with E-state index < -0.39 is 0 Å². The Labute approximate surface area is 168 Å². The first-order valence-corrected chi connectivity index (χ1v) is 8.67. The molecule has 0 atom stereocenters. The highest BCUT2D eigenvalue weighted by atomic mass is 127. The number of nitrogens with one attached hydrogen (secondary N) is 2. The lowest BCUT2D eigenvalue weighted by molar-refractivity contribution is 0.354. The molecular formula is C19H30IN3O2. The number of rotatable bonds is 8. The van der Waals surface area contributed by atoms with Gasteiger partial charge in [0.15, 0.2) is 17.5 Å². The van der Waals surface area contributed by atoms with Gasteiger partial charge in [-0.2, -0.15) is 0 Å². The molecule has 0 saturated carbocycles. The van der Waals surface area contributed by atoms with E-state index in [4.69, 9.17) is 9.47 Å².